The zero-order valence-electron chi connectivity index (χ0n) is 9.49. The molecule has 0 saturated carbocycles. The number of ketones is 1. The standard InChI is InChI=1S/C12H13FN2O/c1-7(2)12(16)11-9-5-4-8(13)6-10(9)14-15(11)3/h4-7H,1-3H3. The van der Waals surface area contributed by atoms with E-state index in [0.717, 1.165) is 0 Å². The number of Topliss-reactive ketones (excluding diaryl/α,β-unsaturated/α-hetero) is 1. The Bertz CT molecular complexity index is 557. The van der Waals surface area contributed by atoms with E-state index in [-0.39, 0.29) is 17.5 Å². The molecule has 0 atom stereocenters. The van der Waals surface area contributed by atoms with Gasteiger partial charge in [0.1, 0.15) is 11.5 Å². The highest BCUT2D eigenvalue weighted by Gasteiger charge is 2.19. The summed E-state index contributed by atoms with van der Waals surface area (Å²) in [5.74, 6) is -0.408. The van der Waals surface area contributed by atoms with E-state index in [2.05, 4.69) is 5.10 Å². The molecule has 2 aromatic rings. The monoisotopic (exact) mass is 220 g/mol. The third kappa shape index (κ3) is 1.60. The molecule has 0 amide bonds. The molecule has 0 aliphatic rings. The van der Waals surface area contributed by atoms with Crippen molar-refractivity contribution in [3.05, 3.63) is 29.7 Å². The summed E-state index contributed by atoms with van der Waals surface area (Å²) in [5, 5.41) is 4.84. The number of rotatable bonds is 2. The van der Waals surface area contributed by atoms with Gasteiger partial charge in [-0.05, 0) is 12.1 Å². The summed E-state index contributed by atoms with van der Waals surface area (Å²) in [7, 11) is 1.70. The van der Waals surface area contributed by atoms with Gasteiger partial charge in [0.05, 0.1) is 5.52 Å². The molecular weight excluding hydrogens is 207 g/mol. The molecule has 16 heavy (non-hydrogen) atoms. The fraction of sp³-hybridized carbons (Fsp3) is 0.333. The van der Waals surface area contributed by atoms with Crippen LogP contribution in [0.1, 0.15) is 24.3 Å². The number of aromatic nitrogens is 2. The Morgan fingerprint density at radius 1 is 1.44 bits per heavy atom. The maximum atomic E-state index is 13.0. The molecule has 0 fully saturated rings. The van der Waals surface area contributed by atoms with Gasteiger partial charge in [-0.15, -0.1) is 0 Å². The number of halogens is 1. The quantitative estimate of drug-likeness (QED) is 0.729. The first-order valence-electron chi connectivity index (χ1n) is 5.17. The fourth-order valence-corrected chi connectivity index (χ4v) is 1.74. The van der Waals surface area contributed by atoms with Crippen LogP contribution >= 0.6 is 0 Å². The van der Waals surface area contributed by atoms with Gasteiger partial charge in [0, 0.05) is 24.4 Å². The van der Waals surface area contributed by atoms with Gasteiger partial charge in [0.25, 0.3) is 0 Å². The number of hydrogen-bond acceptors (Lipinski definition) is 2. The van der Waals surface area contributed by atoms with E-state index >= 15 is 0 Å². The fourth-order valence-electron chi connectivity index (χ4n) is 1.74. The van der Waals surface area contributed by atoms with E-state index in [1.54, 1.807) is 13.1 Å². The maximum Gasteiger partial charge on any atom is 0.183 e. The Morgan fingerprint density at radius 3 is 2.75 bits per heavy atom. The lowest BCUT2D eigenvalue weighted by atomic mass is 10.0. The molecule has 4 heteroatoms. The van der Waals surface area contributed by atoms with Crippen molar-refractivity contribution >= 4 is 16.7 Å². The summed E-state index contributed by atoms with van der Waals surface area (Å²) in [6.07, 6.45) is 0. The smallest absolute Gasteiger partial charge is 0.183 e. The number of aryl methyl sites for hydroxylation is 1. The van der Waals surface area contributed by atoms with Gasteiger partial charge in [-0.1, -0.05) is 13.8 Å². The number of nitrogens with zero attached hydrogens (tertiary/aromatic N) is 2. The highest BCUT2D eigenvalue weighted by atomic mass is 19.1. The van der Waals surface area contributed by atoms with E-state index in [9.17, 15) is 9.18 Å². The molecule has 2 rings (SSSR count). The summed E-state index contributed by atoms with van der Waals surface area (Å²) in [4.78, 5) is 12.0. The molecule has 1 aromatic carbocycles. The van der Waals surface area contributed by atoms with Gasteiger partial charge in [-0.25, -0.2) is 4.39 Å². The average molecular weight is 220 g/mol. The molecule has 0 radical (unpaired) electrons. The summed E-state index contributed by atoms with van der Waals surface area (Å²) in [5.41, 5.74) is 1.07. The Balaban J connectivity index is 2.70. The molecule has 0 unspecified atom stereocenters. The normalized spacial score (nSPS) is 11.3. The third-order valence-corrected chi connectivity index (χ3v) is 2.55. The lowest BCUT2D eigenvalue weighted by Crippen LogP contribution is -2.12. The van der Waals surface area contributed by atoms with Gasteiger partial charge >= 0.3 is 0 Å². The van der Waals surface area contributed by atoms with Crippen molar-refractivity contribution in [2.75, 3.05) is 0 Å². The van der Waals surface area contributed by atoms with Crippen LogP contribution in [0.15, 0.2) is 18.2 Å². The second-order valence-electron chi connectivity index (χ2n) is 4.15. The topological polar surface area (TPSA) is 34.9 Å². The van der Waals surface area contributed by atoms with Crippen LogP contribution in [0.2, 0.25) is 0 Å². The lowest BCUT2D eigenvalue weighted by Gasteiger charge is -2.04. The Morgan fingerprint density at radius 2 is 2.12 bits per heavy atom. The van der Waals surface area contributed by atoms with Crippen molar-refractivity contribution in [1.29, 1.82) is 0 Å². The van der Waals surface area contributed by atoms with E-state index in [1.165, 1.54) is 16.8 Å². The minimum absolute atomic E-state index is 0.0246. The van der Waals surface area contributed by atoms with Crippen LogP contribution in [0.4, 0.5) is 4.39 Å². The zero-order valence-corrected chi connectivity index (χ0v) is 9.49. The van der Waals surface area contributed by atoms with Crippen molar-refractivity contribution in [2.24, 2.45) is 13.0 Å². The summed E-state index contributed by atoms with van der Waals surface area (Å²) in [6.45, 7) is 3.68. The lowest BCUT2D eigenvalue weighted by molar-refractivity contribution is 0.0931. The predicted octanol–water partition coefficient (Wildman–Crippen LogP) is 2.55. The van der Waals surface area contributed by atoms with Gasteiger partial charge in [-0.2, -0.15) is 5.10 Å². The van der Waals surface area contributed by atoms with Crippen LogP contribution in [0.5, 0.6) is 0 Å². The SMILES string of the molecule is CC(C)C(=O)c1c2ccc(F)cc2nn1C. The first-order valence-corrected chi connectivity index (χ1v) is 5.17. The molecular formula is C12H13FN2O. The van der Waals surface area contributed by atoms with Gasteiger partial charge in [-0.3, -0.25) is 9.48 Å². The summed E-state index contributed by atoms with van der Waals surface area (Å²) in [6, 6.07) is 4.29. The first-order chi connectivity index (χ1) is 7.50. The largest absolute Gasteiger partial charge is 0.292 e. The van der Waals surface area contributed by atoms with E-state index in [0.29, 0.717) is 16.6 Å². The minimum atomic E-state index is -0.339. The third-order valence-electron chi connectivity index (χ3n) is 2.55. The second kappa shape index (κ2) is 3.70. The highest BCUT2D eigenvalue weighted by molar-refractivity contribution is 6.06. The minimum Gasteiger partial charge on any atom is -0.292 e. The van der Waals surface area contributed by atoms with Crippen LogP contribution in [0.3, 0.4) is 0 Å². The maximum absolute atomic E-state index is 13.0. The molecule has 0 aliphatic heterocycles. The van der Waals surface area contributed by atoms with E-state index in [1.807, 2.05) is 13.8 Å². The van der Waals surface area contributed by atoms with Crippen LogP contribution in [-0.4, -0.2) is 15.6 Å². The molecule has 1 heterocycles. The Kier molecular flexibility index (Phi) is 2.50. The van der Waals surface area contributed by atoms with Crippen LogP contribution in [0, 0.1) is 11.7 Å². The summed E-state index contributed by atoms with van der Waals surface area (Å²) < 4.78 is 14.5. The first kappa shape index (κ1) is 10.8. The molecule has 0 bridgehead atoms. The van der Waals surface area contributed by atoms with Gasteiger partial charge < -0.3 is 0 Å². The predicted molar refractivity (Wildman–Crippen MR) is 59.8 cm³/mol. The second-order valence-corrected chi connectivity index (χ2v) is 4.15. The van der Waals surface area contributed by atoms with Gasteiger partial charge in [0.15, 0.2) is 5.78 Å². The number of carbonyl (C=O) groups excluding carboxylic acids is 1. The van der Waals surface area contributed by atoms with Crippen LogP contribution < -0.4 is 0 Å². The van der Waals surface area contributed by atoms with E-state index < -0.39 is 0 Å². The Labute approximate surface area is 92.9 Å². The molecule has 0 aliphatic carbocycles. The number of benzene rings is 1. The molecule has 0 spiro atoms. The molecule has 0 N–H and O–H groups in total. The average Bonchev–Trinajstić information content (AvgIpc) is 2.51. The Hall–Kier alpha value is -1.71. The van der Waals surface area contributed by atoms with Crippen molar-refractivity contribution < 1.29 is 9.18 Å². The van der Waals surface area contributed by atoms with Crippen molar-refractivity contribution in [3.63, 3.8) is 0 Å². The van der Waals surface area contributed by atoms with Gasteiger partial charge in [0.2, 0.25) is 0 Å². The van der Waals surface area contributed by atoms with Crippen molar-refractivity contribution in [3.8, 4) is 0 Å². The molecule has 1 aromatic heterocycles. The molecule has 3 nitrogen and oxygen atoms in total. The van der Waals surface area contributed by atoms with Crippen LogP contribution in [-0.2, 0) is 7.05 Å². The number of carbonyl (C=O) groups is 1. The molecule has 0 saturated heterocycles. The van der Waals surface area contributed by atoms with E-state index in [4.69, 9.17) is 0 Å². The highest BCUT2D eigenvalue weighted by Crippen LogP contribution is 2.21. The number of hydrogen-bond donors (Lipinski definition) is 0. The number of fused-ring (bicyclic) bond motifs is 1. The molecule has 84 valence electrons. The van der Waals surface area contributed by atoms with Crippen molar-refractivity contribution in [2.45, 2.75) is 13.8 Å². The zero-order chi connectivity index (χ0) is 11.9. The van der Waals surface area contributed by atoms with Crippen LogP contribution in [0.25, 0.3) is 10.9 Å². The van der Waals surface area contributed by atoms with Crippen molar-refractivity contribution in [1.82, 2.24) is 9.78 Å². The summed E-state index contributed by atoms with van der Waals surface area (Å²) >= 11 is 0.